The van der Waals surface area contributed by atoms with E-state index in [0.29, 0.717) is 11.4 Å². The van der Waals surface area contributed by atoms with Crippen LogP contribution in [-0.2, 0) is 11.3 Å². The Kier molecular flexibility index (Phi) is 5.25. The molecular weight excluding hydrogens is 374 g/mol. The second-order valence-corrected chi connectivity index (χ2v) is 7.52. The predicted molar refractivity (Wildman–Crippen MR) is 110 cm³/mol. The number of fused-ring (bicyclic) bond motifs is 1. The van der Waals surface area contributed by atoms with Crippen molar-refractivity contribution in [2.75, 3.05) is 18.2 Å². The summed E-state index contributed by atoms with van der Waals surface area (Å²) >= 11 is 1.76. The van der Waals surface area contributed by atoms with Crippen molar-refractivity contribution in [1.29, 1.82) is 0 Å². The molecule has 1 aliphatic heterocycles. The highest BCUT2D eigenvalue weighted by Gasteiger charge is 2.17. The molecule has 1 aromatic heterocycles. The Balaban J connectivity index is 1.42. The molecule has 0 bridgehead atoms. The number of amides is 1. The van der Waals surface area contributed by atoms with E-state index in [4.69, 9.17) is 9.47 Å². The quantitative estimate of drug-likeness (QED) is 0.682. The summed E-state index contributed by atoms with van der Waals surface area (Å²) in [5.41, 5.74) is 2.61. The standard InChI is InChI=1S/C21H21N3O3S/c1-14(27-18-8-6-17(26-2)7-9-18)20(25)22-16-5-3-4-15(12-16)19-13-24-10-11-28-21(24)23-19/h3-9,12-14H,10-11H2,1-2H3,(H,22,25). The average molecular weight is 395 g/mol. The van der Waals surface area contributed by atoms with Gasteiger partial charge in [0.25, 0.3) is 5.91 Å². The van der Waals surface area contributed by atoms with Gasteiger partial charge in [-0.1, -0.05) is 23.9 Å². The lowest BCUT2D eigenvalue weighted by molar-refractivity contribution is -0.122. The maximum Gasteiger partial charge on any atom is 0.265 e. The number of rotatable bonds is 6. The highest BCUT2D eigenvalue weighted by Crippen LogP contribution is 2.30. The summed E-state index contributed by atoms with van der Waals surface area (Å²) < 4.78 is 13.0. The van der Waals surface area contributed by atoms with Crippen LogP contribution in [0.3, 0.4) is 0 Å². The van der Waals surface area contributed by atoms with Crippen molar-refractivity contribution >= 4 is 23.4 Å². The van der Waals surface area contributed by atoms with Crippen LogP contribution in [-0.4, -0.2) is 34.4 Å². The Morgan fingerprint density at radius 1 is 1.21 bits per heavy atom. The fraction of sp³-hybridized carbons (Fsp3) is 0.238. The minimum atomic E-state index is -0.634. The van der Waals surface area contributed by atoms with E-state index in [2.05, 4.69) is 21.1 Å². The molecule has 1 N–H and O–H groups in total. The number of aryl methyl sites for hydroxylation is 1. The van der Waals surface area contributed by atoms with Gasteiger partial charge in [-0.15, -0.1) is 0 Å². The number of thioether (sulfide) groups is 1. The number of methoxy groups -OCH3 is 1. The van der Waals surface area contributed by atoms with Crippen LogP contribution in [0.25, 0.3) is 11.3 Å². The first kappa shape index (κ1) is 18.4. The van der Waals surface area contributed by atoms with Crippen molar-refractivity contribution in [2.24, 2.45) is 0 Å². The number of nitrogens with one attached hydrogen (secondary N) is 1. The van der Waals surface area contributed by atoms with Gasteiger partial charge < -0.3 is 19.4 Å². The van der Waals surface area contributed by atoms with Crippen LogP contribution in [0.1, 0.15) is 6.92 Å². The Morgan fingerprint density at radius 3 is 2.75 bits per heavy atom. The zero-order valence-corrected chi connectivity index (χ0v) is 16.5. The molecule has 28 heavy (non-hydrogen) atoms. The molecule has 7 heteroatoms. The maximum absolute atomic E-state index is 12.5. The second-order valence-electron chi connectivity index (χ2n) is 6.46. The van der Waals surface area contributed by atoms with Gasteiger partial charge in [0.2, 0.25) is 0 Å². The Morgan fingerprint density at radius 2 is 2.00 bits per heavy atom. The highest BCUT2D eigenvalue weighted by atomic mass is 32.2. The molecule has 2 aromatic carbocycles. The number of benzene rings is 2. The smallest absolute Gasteiger partial charge is 0.265 e. The van der Waals surface area contributed by atoms with E-state index >= 15 is 0 Å². The van der Waals surface area contributed by atoms with Gasteiger partial charge in [-0.2, -0.15) is 0 Å². The van der Waals surface area contributed by atoms with E-state index in [1.807, 2.05) is 24.3 Å². The molecule has 0 saturated heterocycles. The van der Waals surface area contributed by atoms with Crippen LogP contribution >= 0.6 is 11.8 Å². The molecule has 1 aliphatic rings. The molecule has 0 saturated carbocycles. The van der Waals surface area contributed by atoms with Gasteiger partial charge in [0.1, 0.15) is 11.5 Å². The number of aromatic nitrogens is 2. The normalized spacial score (nSPS) is 13.6. The fourth-order valence-corrected chi connectivity index (χ4v) is 3.90. The molecule has 0 spiro atoms. The number of nitrogens with zero attached hydrogens (tertiary/aromatic N) is 2. The average Bonchev–Trinajstić information content (AvgIpc) is 3.31. The minimum Gasteiger partial charge on any atom is -0.497 e. The lowest BCUT2D eigenvalue weighted by Gasteiger charge is -2.15. The van der Waals surface area contributed by atoms with Gasteiger partial charge in [0.15, 0.2) is 11.3 Å². The molecule has 3 aromatic rings. The van der Waals surface area contributed by atoms with Gasteiger partial charge in [-0.3, -0.25) is 4.79 Å². The monoisotopic (exact) mass is 395 g/mol. The highest BCUT2D eigenvalue weighted by molar-refractivity contribution is 7.99. The number of anilines is 1. The van der Waals surface area contributed by atoms with Crippen molar-refractivity contribution in [3.05, 3.63) is 54.7 Å². The van der Waals surface area contributed by atoms with E-state index in [9.17, 15) is 4.79 Å². The van der Waals surface area contributed by atoms with E-state index in [0.717, 1.165) is 34.5 Å². The van der Waals surface area contributed by atoms with E-state index in [-0.39, 0.29) is 5.91 Å². The van der Waals surface area contributed by atoms with Gasteiger partial charge in [-0.25, -0.2) is 4.98 Å². The Hall–Kier alpha value is -2.93. The number of carbonyl (C=O) groups is 1. The summed E-state index contributed by atoms with van der Waals surface area (Å²) in [6.45, 7) is 2.71. The maximum atomic E-state index is 12.5. The molecule has 6 nitrogen and oxygen atoms in total. The van der Waals surface area contributed by atoms with Gasteiger partial charge in [0, 0.05) is 29.7 Å². The summed E-state index contributed by atoms with van der Waals surface area (Å²) in [6.07, 6.45) is 1.43. The van der Waals surface area contributed by atoms with E-state index in [1.165, 1.54) is 0 Å². The summed E-state index contributed by atoms with van der Waals surface area (Å²) in [4.78, 5) is 17.2. The Bertz CT molecular complexity index is 963. The minimum absolute atomic E-state index is 0.212. The molecular formula is C21H21N3O3S. The largest absolute Gasteiger partial charge is 0.497 e. The molecule has 0 aliphatic carbocycles. The van der Waals surface area contributed by atoms with Crippen molar-refractivity contribution in [2.45, 2.75) is 24.7 Å². The molecule has 1 amide bonds. The third-order valence-corrected chi connectivity index (χ3v) is 5.44. The molecule has 1 unspecified atom stereocenters. The second kappa shape index (κ2) is 7.98. The summed E-state index contributed by atoms with van der Waals surface area (Å²) in [7, 11) is 1.61. The zero-order chi connectivity index (χ0) is 19.5. The van der Waals surface area contributed by atoms with Gasteiger partial charge >= 0.3 is 0 Å². The summed E-state index contributed by atoms with van der Waals surface area (Å²) in [5.74, 6) is 2.22. The summed E-state index contributed by atoms with van der Waals surface area (Å²) in [5, 5.41) is 3.96. The lowest BCUT2D eigenvalue weighted by atomic mass is 10.1. The van der Waals surface area contributed by atoms with Crippen LogP contribution in [0.15, 0.2) is 59.9 Å². The van der Waals surface area contributed by atoms with Crippen LogP contribution in [0.5, 0.6) is 11.5 Å². The molecule has 0 fully saturated rings. The zero-order valence-electron chi connectivity index (χ0n) is 15.7. The fourth-order valence-electron chi connectivity index (χ4n) is 2.96. The number of imidazole rings is 1. The SMILES string of the molecule is COc1ccc(OC(C)C(=O)Nc2cccc(-c3cn4c(n3)SCC4)c2)cc1. The summed E-state index contributed by atoms with van der Waals surface area (Å²) in [6, 6.07) is 14.8. The van der Waals surface area contributed by atoms with Crippen LogP contribution in [0, 0.1) is 0 Å². The number of hydrogen-bond donors (Lipinski definition) is 1. The first-order valence-corrected chi connectivity index (χ1v) is 10.0. The lowest BCUT2D eigenvalue weighted by Crippen LogP contribution is -2.30. The van der Waals surface area contributed by atoms with Crippen molar-refractivity contribution in [3.63, 3.8) is 0 Å². The van der Waals surface area contributed by atoms with Gasteiger partial charge in [-0.05, 0) is 43.3 Å². The van der Waals surface area contributed by atoms with Crippen LogP contribution in [0.2, 0.25) is 0 Å². The molecule has 144 valence electrons. The van der Waals surface area contributed by atoms with Crippen molar-refractivity contribution in [3.8, 4) is 22.8 Å². The number of carbonyl (C=O) groups excluding carboxylic acids is 1. The third kappa shape index (κ3) is 3.99. The Labute approximate surface area is 167 Å². The molecule has 0 radical (unpaired) electrons. The molecule has 2 heterocycles. The third-order valence-electron chi connectivity index (χ3n) is 4.47. The first-order chi connectivity index (χ1) is 13.6. The van der Waals surface area contributed by atoms with Crippen molar-refractivity contribution in [1.82, 2.24) is 9.55 Å². The number of ether oxygens (including phenoxy) is 2. The molecule has 1 atom stereocenters. The van der Waals surface area contributed by atoms with Crippen molar-refractivity contribution < 1.29 is 14.3 Å². The van der Waals surface area contributed by atoms with Gasteiger partial charge in [0.05, 0.1) is 12.8 Å². The van der Waals surface area contributed by atoms with E-state index in [1.54, 1.807) is 50.1 Å². The van der Waals surface area contributed by atoms with Crippen LogP contribution < -0.4 is 14.8 Å². The number of hydrogen-bond acceptors (Lipinski definition) is 5. The first-order valence-electron chi connectivity index (χ1n) is 9.04. The predicted octanol–water partition coefficient (Wildman–Crippen LogP) is 4.07. The molecule has 4 rings (SSSR count). The van der Waals surface area contributed by atoms with E-state index < -0.39 is 6.10 Å². The topological polar surface area (TPSA) is 65.4 Å². The van der Waals surface area contributed by atoms with Crippen LogP contribution in [0.4, 0.5) is 5.69 Å².